The molecule has 4 rings (SSSR count). The number of methoxy groups -OCH3 is 2. The summed E-state index contributed by atoms with van der Waals surface area (Å²) in [5.74, 6) is 0.739. The lowest BCUT2D eigenvalue weighted by Gasteiger charge is -2.16. The molecule has 0 unspecified atom stereocenters. The van der Waals surface area contributed by atoms with E-state index in [0.717, 1.165) is 22.3 Å². The molecule has 1 saturated heterocycles. The third-order valence-corrected chi connectivity index (χ3v) is 6.99. The number of hydrogen-bond donors (Lipinski definition) is 1. The van der Waals surface area contributed by atoms with E-state index in [9.17, 15) is 13.2 Å². The first-order valence-electron chi connectivity index (χ1n) is 8.55. The Morgan fingerprint density at radius 3 is 2.60 bits per heavy atom. The van der Waals surface area contributed by atoms with Gasteiger partial charge in [-0.2, -0.15) is 13.4 Å². The summed E-state index contributed by atoms with van der Waals surface area (Å²) in [6, 6.07) is 11.6. The molecule has 0 radical (unpaired) electrons. The fourth-order valence-corrected chi connectivity index (χ4v) is 5.30. The van der Waals surface area contributed by atoms with Crippen molar-refractivity contribution in [1.29, 1.82) is 0 Å². The summed E-state index contributed by atoms with van der Waals surface area (Å²) in [4.78, 5) is 13.3. The summed E-state index contributed by atoms with van der Waals surface area (Å²) in [5, 5.41) is 1.11. The number of thioether (sulfide) groups is 1. The Morgan fingerprint density at radius 1 is 1.13 bits per heavy atom. The van der Waals surface area contributed by atoms with Crippen LogP contribution in [0, 0.1) is 0 Å². The Bertz CT molecular complexity index is 1240. The van der Waals surface area contributed by atoms with E-state index >= 15 is 0 Å². The topological polar surface area (TPSA) is 97.3 Å². The Balaban J connectivity index is 1.61. The number of sulfonamides is 1. The van der Waals surface area contributed by atoms with Crippen LogP contribution in [0.5, 0.6) is 11.5 Å². The Morgan fingerprint density at radius 2 is 1.87 bits per heavy atom. The van der Waals surface area contributed by atoms with Crippen LogP contribution in [0.1, 0.15) is 11.1 Å². The van der Waals surface area contributed by atoms with Gasteiger partial charge in [-0.05, 0) is 48.1 Å². The molecular formula is C19H15N3O5S3. The molecule has 2 aliphatic rings. The van der Waals surface area contributed by atoms with Crippen molar-refractivity contribution in [3.63, 3.8) is 0 Å². The van der Waals surface area contributed by atoms with Gasteiger partial charge in [0.05, 0.1) is 19.1 Å². The number of thiocarbonyl (C=S) groups is 1. The highest BCUT2D eigenvalue weighted by molar-refractivity contribution is 8.26. The lowest BCUT2D eigenvalue weighted by atomic mass is 10.2. The molecule has 1 fully saturated rings. The van der Waals surface area contributed by atoms with Crippen molar-refractivity contribution in [2.45, 2.75) is 4.90 Å². The van der Waals surface area contributed by atoms with Crippen molar-refractivity contribution in [2.75, 3.05) is 14.2 Å². The van der Waals surface area contributed by atoms with Crippen LogP contribution in [0.2, 0.25) is 0 Å². The van der Waals surface area contributed by atoms with Crippen LogP contribution in [0.15, 0.2) is 56.7 Å². The molecular weight excluding hydrogens is 446 g/mol. The van der Waals surface area contributed by atoms with Gasteiger partial charge >= 0.3 is 0 Å². The normalized spacial score (nSPS) is 18.4. The van der Waals surface area contributed by atoms with Crippen LogP contribution in [0.3, 0.4) is 0 Å². The molecule has 0 aromatic heterocycles. The molecule has 154 valence electrons. The van der Waals surface area contributed by atoms with Crippen molar-refractivity contribution >= 4 is 56.1 Å². The molecule has 0 spiro atoms. The second kappa shape index (κ2) is 7.74. The van der Waals surface area contributed by atoms with E-state index in [4.69, 9.17) is 21.7 Å². The second-order valence-corrected chi connectivity index (χ2v) is 9.40. The van der Waals surface area contributed by atoms with Crippen LogP contribution >= 0.6 is 24.0 Å². The van der Waals surface area contributed by atoms with E-state index < -0.39 is 15.9 Å². The molecule has 0 atom stereocenters. The van der Waals surface area contributed by atoms with E-state index in [1.807, 2.05) is 0 Å². The predicted octanol–water partition coefficient (Wildman–Crippen LogP) is 2.56. The minimum Gasteiger partial charge on any atom is -0.493 e. The molecule has 30 heavy (non-hydrogen) atoms. The highest BCUT2D eigenvalue weighted by Gasteiger charge is 2.36. The summed E-state index contributed by atoms with van der Waals surface area (Å²) in [6.07, 6.45) is 1.67. The lowest BCUT2D eigenvalue weighted by molar-refractivity contribution is -0.123. The minimum atomic E-state index is -3.81. The Hall–Kier alpha value is -2.89. The fourth-order valence-electron chi connectivity index (χ4n) is 2.95. The van der Waals surface area contributed by atoms with Crippen LogP contribution < -0.4 is 14.9 Å². The number of ether oxygens (including phenoxy) is 2. The van der Waals surface area contributed by atoms with Crippen molar-refractivity contribution < 1.29 is 22.7 Å². The van der Waals surface area contributed by atoms with Gasteiger partial charge in [-0.25, -0.2) is 0 Å². The van der Waals surface area contributed by atoms with Crippen molar-refractivity contribution in [3.05, 3.63) is 58.5 Å². The monoisotopic (exact) mass is 461 g/mol. The number of carbonyl (C=O) groups excluding carboxylic acids is 1. The molecule has 2 aliphatic heterocycles. The number of carbonyl (C=O) groups is 1. The number of amides is 1. The Kier molecular flexibility index (Phi) is 5.26. The average molecular weight is 462 g/mol. The summed E-state index contributed by atoms with van der Waals surface area (Å²) in [7, 11) is -0.744. The van der Waals surface area contributed by atoms with Crippen molar-refractivity contribution in [1.82, 2.24) is 10.4 Å². The first-order valence-corrected chi connectivity index (χ1v) is 11.2. The van der Waals surface area contributed by atoms with E-state index in [-0.39, 0.29) is 15.1 Å². The molecule has 2 heterocycles. The zero-order valence-corrected chi connectivity index (χ0v) is 18.2. The van der Waals surface area contributed by atoms with Gasteiger partial charge in [0.25, 0.3) is 15.9 Å². The average Bonchev–Trinajstić information content (AvgIpc) is 3.15. The van der Waals surface area contributed by atoms with E-state index in [1.54, 1.807) is 49.6 Å². The van der Waals surface area contributed by atoms with Crippen LogP contribution in [-0.2, 0) is 14.8 Å². The van der Waals surface area contributed by atoms with Crippen LogP contribution in [0.25, 0.3) is 6.08 Å². The molecule has 0 bridgehead atoms. The molecule has 2 aromatic rings. The number of nitrogens with one attached hydrogen (secondary N) is 1. The van der Waals surface area contributed by atoms with Crippen LogP contribution in [-0.4, -0.2) is 43.7 Å². The summed E-state index contributed by atoms with van der Waals surface area (Å²) in [6.45, 7) is 0. The molecule has 1 amide bonds. The van der Waals surface area contributed by atoms with Gasteiger partial charge in [-0.3, -0.25) is 10.2 Å². The SMILES string of the molecule is COc1ccc(/C=C2/SC(=S)N(NC3=NS(=O)(=O)c4ccccc43)C2=O)cc1OC. The van der Waals surface area contributed by atoms with Crippen LogP contribution in [0.4, 0.5) is 0 Å². The molecule has 1 N–H and O–H groups in total. The molecule has 0 saturated carbocycles. The number of nitrogens with zero attached hydrogens (tertiary/aromatic N) is 2. The predicted molar refractivity (Wildman–Crippen MR) is 118 cm³/mol. The molecule has 11 heteroatoms. The van der Waals surface area contributed by atoms with Gasteiger partial charge in [-0.1, -0.05) is 30.0 Å². The Labute approximate surface area is 182 Å². The van der Waals surface area contributed by atoms with Crippen molar-refractivity contribution in [3.8, 4) is 11.5 Å². The summed E-state index contributed by atoms with van der Waals surface area (Å²) >= 11 is 6.40. The first kappa shape index (κ1) is 20.4. The van der Waals surface area contributed by atoms with Gasteiger partial charge in [0, 0.05) is 5.56 Å². The maximum atomic E-state index is 12.9. The highest BCUT2D eigenvalue weighted by Crippen LogP contribution is 2.34. The largest absolute Gasteiger partial charge is 0.493 e. The van der Waals surface area contributed by atoms with Gasteiger partial charge in [0.2, 0.25) is 0 Å². The van der Waals surface area contributed by atoms with Gasteiger partial charge in [0.1, 0.15) is 4.90 Å². The number of fused-ring (bicyclic) bond motifs is 1. The van der Waals surface area contributed by atoms with Gasteiger partial charge in [-0.15, -0.1) is 4.40 Å². The van der Waals surface area contributed by atoms with Gasteiger partial charge in [0.15, 0.2) is 21.7 Å². The van der Waals surface area contributed by atoms with E-state index in [1.165, 1.54) is 13.2 Å². The number of hydrazine groups is 1. The third-order valence-electron chi connectivity index (χ3n) is 4.35. The third kappa shape index (κ3) is 3.55. The zero-order valence-electron chi connectivity index (χ0n) is 15.8. The maximum Gasteiger partial charge on any atom is 0.285 e. The summed E-state index contributed by atoms with van der Waals surface area (Å²) < 4.78 is 38.9. The maximum absolute atomic E-state index is 12.9. The standard InChI is InChI=1S/C19H15N3O5S3/c1-26-13-8-7-11(9-14(13)27-2)10-15-18(23)22(19(28)29-15)20-17-12-5-3-4-6-16(12)30(24,25)21-17/h3-10H,1-2H3,(H,20,21)/b15-10+. The molecule has 2 aromatic carbocycles. The quantitative estimate of drug-likeness (QED) is 0.548. The van der Waals surface area contributed by atoms with E-state index in [0.29, 0.717) is 22.0 Å². The van der Waals surface area contributed by atoms with Gasteiger partial charge < -0.3 is 9.47 Å². The summed E-state index contributed by atoms with van der Waals surface area (Å²) in [5.41, 5.74) is 3.86. The number of rotatable bonds is 4. The lowest BCUT2D eigenvalue weighted by Crippen LogP contribution is -2.44. The van der Waals surface area contributed by atoms with E-state index in [2.05, 4.69) is 9.82 Å². The highest BCUT2D eigenvalue weighted by atomic mass is 32.2. The smallest absolute Gasteiger partial charge is 0.285 e. The number of amidine groups is 1. The number of benzene rings is 2. The van der Waals surface area contributed by atoms with Crippen molar-refractivity contribution in [2.24, 2.45) is 4.40 Å². The molecule has 8 nitrogen and oxygen atoms in total. The fraction of sp³-hybridized carbons (Fsp3) is 0.105. The zero-order chi connectivity index (χ0) is 21.5. The number of hydrogen-bond acceptors (Lipinski definition) is 8. The minimum absolute atomic E-state index is 0.0502. The second-order valence-electron chi connectivity index (χ2n) is 6.15. The molecule has 0 aliphatic carbocycles. The first-order chi connectivity index (χ1) is 14.3.